The Morgan fingerprint density at radius 2 is 1.94 bits per heavy atom. The molecule has 0 fully saturated rings. The molecule has 1 rings (SSSR count). The molecule has 1 aromatic heterocycles. The van der Waals surface area contributed by atoms with Crippen LogP contribution < -0.4 is 5.32 Å². The third kappa shape index (κ3) is 5.11. The lowest BCUT2D eigenvalue weighted by Crippen LogP contribution is -2.29. The first kappa shape index (κ1) is 13.0. The topological polar surface area (TPSA) is 24.9 Å². The van der Waals surface area contributed by atoms with Crippen LogP contribution in [0.25, 0.3) is 0 Å². The standard InChI is InChI=1S/C11H15F3N2/c1-15-10(2-5-11(12,13)14)8-9-3-6-16-7-4-9/h3-4,6-7,10,15H,2,5,8H2,1H3. The molecule has 0 aliphatic heterocycles. The SMILES string of the molecule is CNC(CCC(F)(F)F)Cc1ccncc1. The van der Waals surface area contributed by atoms with E-state index in [1.807, 2.05) is 12.1 Å². The fourth-order valence-electron chi connectivity index (χ4n) is 1.49. The van der Waals surface area contributed by atoms with E-state index in [1.54, 1.807) is 19.4 Å². The van der Waals surface area contributed by atoms with Gasteiger partial charge < -0.3 is 5.32 Å². The zero-order valence-corrected chi connectivity index (χ0v) is 9.09. The van der Waals surface area contributed by atoms with Crippen molar-refractivity contribution in [1.82, 2.24) is 10.3 Å². The average molecular weight is 232 g/mol. The van der Waals surface area contributed by atoms with E-state index in [0.717, 1.165) is 5.56 Å². The molecule has 2 nitrogen and oxygen atoms in total. The highest BCUT2D eigenvalue weighted by Gasteiger charge is 2.27. The van der Waals surface area contributed by atoms with E-state index in [2.05, 4.69) is 10.3 Å². The van der Waals surface area contributed by atoms with Gasteiger partial charge in [-0.25, -0.2) is 0 Å². The normalized spacial score (nSPS) is 13.8. The lowest BCUT2D eigenvalue weighted by atomic mass is 10.0. The van der Waals surface area contributed by atoms with Crippen molar-refractivity contribution in [3.05, 3.63) is 30.1 Å². The number of likely N-dealkylation sites (N-methyl/N-ethyl adjacent to an activating group) is 1. The third-order valence-electron chi connectivity index (χ3n) is 2.42. The average Bonchev–Trinajstić information content (AvgIpc) is 2.24. The van der Waals surface area contributed by atoms with Crippen LogP contribution in [0, 0.1) is 0 Å². The molecular weight excluding hydrogens is 217 g/mol. The van der Waals surface area contributed by atoms with Gasteiger partial charge in [0.1, 0.15) is 0 Å². The van der Waals surface area contributed by atoms with Crippen molar-refractivity contribution in [2.45, 2.75) is 31.5 Å². The molecule has 0 amide bonds. The van der Waals surface area contributed by atoms with Crippen molar-refractivity contribution in [3.8, 4) is 0 Å². The van der Waals surface area contributed by atoms with Gasteiger partial charge in [-0.1, -0.05) is 0 Å². The molecule has 90 valence electrons. The highest BCUT2D eigenvalue weighted by Crippen LogP contribution is 2.23. The maximum atomic E-state index is 12.1. The summed E-state index contributed by atoms with van der Waals surface area (Å²) >= 11 is 0. The Morgan fingerprint density at radius 1 is 1.31 bits per heavy atom. The number of alkyl halides is 3. The van der Waals surface area contributed by atoms with Crippen LogP contribution in [0.4, 0.5) is 13.2 Å². The fraction of sp³-hybridized carbons (Fsp3) is 0.545. The number of pyridine rings is 1. The number of nitrogens with zero attached hydrogens (tertiary/aromatic N) is 1. The predicted molar refractivity (Wildman–Crippen MR) is 56.1 cm³/mol. The Hall–Kier alpha value is -1.10. The van der Waals surface area contributed by atoms with Gasteiger partial charge >= 0.3 is 6.18 Å². The summed E-state index contributed by atoms with van der Waals surface area (Å²) in [7, 11) is 1.68. The van der Waals surface area contributed by atoms with E-state index in [0.29, 0.717) is 6.42 Å². The molecule has 0 aromatic carbocycles. The Bertz CT molecular complexity index is 298. The quantitative estimate of drug-likeness (QED) is 0.843. The molecule has 0 radical (unpaired) electrons. The van der Waals surface area contributed by atoms with Crippen molar-refractivity contribution < 1.29 is 13.2 Å². The molecule has 1 atom stereocenters. The molecule has 1 heterocycles. The Balaban J connectivity index is 2.44. The second-order valence-electron chi connectivity index (χ2n) is 3.70. The van der Waals surface area contributed by atoms with Crippen molar-refractivity contribution >= 4 is 0 Å². The molecule has 16 heavy (non-hydrogen) atoms. The second-order valence-corrected chi connectivity index (χ2v) is 3.70. The summed E-state index contributed by atoms with van der Waals surface area (Å²) in [6.07, 6.45) is -0.841. The van der Waals surface area contributed by atoms with Crippen molar-refractivity contribution in [2.24, 2.45) is 0 Å². The van der Waals surface area contributed by atoms with Crippen LogP contribution in [0.1, 0.15) is 18.4 Å². The second kappa shape index (κ2) is 5.84. The molecule has 0 spiro atoms. The van der Waals surface area contributed by atoms with Gasteiger partial charge in [-0.2, -0.15) is 13.2 Å². The number of rotatable bonds is 5. The number of hydrogen-bond donors (Lipinski definition) is 1. The minimum absolute atomic E-state index is 0.0995. The smallest absolute Gasteiger partial charge is 0.317 e. The number of hydrogen-bond acceptors (Lipinski definition) is 2. The zero-order valence-electron chi connectivity index (χ0n) is 9.09. The number of halogens is 3. The van der Waals surface area contributed by atoms with E-state index >= 15 is 0 Å². The molecule has 0 aliphatic carbocycles. The monoisotopic (exact) mass is 232 g/mol. The van der Waals surface area contributed by atoms with Gasteiger partial charge in [-0.05, 0) is 37.6 Å². The minimum atomic E-state index is -4.08. The molecule has 1 N–H and O–H groups in total. The van der Waals surface area contributed by atoms with E-state index in [4.69, 9.17) is 0 Å². The van der Waals surface area contributed by atoms with Crippen LogP contribution >= 0.6 is 0 Å². The predicted octanol–water partition coefficient (Wildman–Crippen LogP) is 2.55. The highest BCUT2D eigenvalue weighted by atomic mass is 19.4. The molecular formula is C11H15F3N2. The number of aromatic nitrogens is 1. The van der Waals surface area contributed by atoms with Crippen molar-refractivity contribution in [2.75, 3.05) is 7.05 Å². The van der Waals surface area contributed by atoms with Crippen LogP contribution in [0.15, 0.2) is 24.5 Å². The lowest BCUT2D eigenvalue weighted by molar-refractivity contribution is -0.136. The first-order valence-corrected chi connectivity index (χ1v) is 5.14. The van der Waals surface area contributed by atoms with Gasteiger partial charge in [-0.15, -0.1) is 0 Å². The highest BCUT2D eigenvalue weighted by molar-refractivity contribution is 5.11. The Kier molecular flexibility index (Phi) is 4.73. The van der Waals surface area contributed by atoms with Gasteiger partial charge in [0, 0.05) is 24.9 Å². The molecule has 0 saturated carbocycles. The van der Waals surface area contributed by atoms with E-state index in [1.165, 1.54) is 0 Å². The van der Waals surface area contributed by atoms with Crippen LogP contribution in [-0.4, -0.2) is 24.2 Å². The summed E-state index contributed by atoms with van der Waals surface area (Å²) in [6, 6.07) is 3.49. The van der Waals surface area contributed by atoms with Crippen LogP contribution in [0.3, 0.4) is 0 Å². The largest absolute Gasteiger partial charge is 0.389 e. The first-order valence-electron chi connectivity index (χ1n) is 5.14. The van der Waals surface area contributed by atoms with E-state index in [-0.39, 0.29) is 12.5 Å². The van der Waals surface area contributed by atoms with Crippen molar-refractivity contribution in [1.29, 1.82) is 0 Å². The van der Waals surface area contributed by atoms with Gasteiger partial charge in [0.15, 0.2) is 0 Å². The first-order chi connectivity index (χ1) is 7.51. The Morgan fingerprint density at radius 3 is 2.44 bits per heavy atom. The lowest BCUT2D eigenvalue weighted by Gasteiger charge is -2.17. The van der Waals surface area contributed by atoms with Crippen LogP contribution in [0.2, 0.25) is 0 Å². The number of nitrogens with one attached hydrogen (secondary N) is 1. The molecule has 0 saturated heterocycles. The maximum absolute atomic E-state index is 12.1. The molecule has 0 bridgehead atoms. The fourth-order valence-corrected chi connectivity index (χ4v) is 1.49. The maximum Gasteiger partial charge on any atom is 0.389 e. The van der Waals surface area contributed by atoms with Gasteiger partial charge in [0.25, 0.3) is 0 Å². The van der Waals surface area contributed by atoms with E-state index < -0.39 is 12.6 Å². The summed E-state index contributed by atoms with van der Waals surface area (Å²) < 4.78 is 36.2. The van der Waals surface area contributed by atoms with E-state index in [9.17, 15) is 13.2 Å². The summed E-state index contributed by atoms with van der Waals surface area (Å²) in [5, 5.41) is 2.90. The summed E-state index contributed by atoms with van der Waals surface area (Å²) in [5.41, 5.74) is 0.997. The van der Waals surface area contributed by atoms with Crippen molar-refractivity contribution in [3.63, 3.8) is 0 Å². The minimum Gasteiger partial charge on any atom is -0.317 e. The summed E-state index contributed by atoms with van der Waals surface area (Å²) in [6.45, 7) is 0. The summed E-state index contributed by atoms with van der Waals surface area (Å²) in [5.74, 6) is 0. The molecule has 0 aliphatic rings. The summed E-state index contributed by atoms with van der Waals surface area (Å²) in [4.78, 5) is 3.86. The van der Waals surface area contributed by atoms with Crippen LogP contribution in [-0.2, 0) is 6.42 Å². The van der Waals surface area contributed by atoms with Crippen LogP contribution in [0.5, 0.6) is 0 Å². The van der Waals surface area contributed by atoms with Gasteiger partial charge in [0.05, 0.1) is 0 Å². The Labute approximate surface area is 92.9 Å². The molecule has 1 aromatic rings. The molecule has 5 heteroatoms. The third-order valence-corrected chi connectivity index (χ3v) is 2.42. The zero-order chi connectivity index (χ0) is 12.0. The van der Waals surface area contributed by atoms with Gasteiger partial charge in [0.2, 0.25) is 0 Å². The van der Waals surface area contributed by atoms with Gasteiger partial charge in [-0.3, -0.25) is 4.98 Å². The molecule has 1 unspecified atom stereocenters.